The predicted octanol–water partition coefficient (Wildman–Crippen LogP) is 1.67. The Labute approximate surface area is 100 Å². The van der Waals surface area contributed by atoms with Crippen molar-refractivity contribution in [3.05, 3.63) is 35.4 Å². The Morgan fingerprint density at radius 2 is 2.00 bits per heavy atom. The smallest absolute Gasteiger partial charge is 0.314 e. The van der Waals surface area contributed by atoms with Crippen LogP contribution in [0.25, 0.3) is 0 Å². The summed E-state index contributed by atoms with van der Waals surface area (Å²) < 4.78 is 5.00. The van der Waals surface area contributed by atoms with Gasteiger partial charge in [-0.3, -0.25) is 9.59 Å². The van der Waals surface area contributed by atoms with E-state index in [2.05, 4.69) is 0 Å². The second-order valence-electron chi connectivity index (χ2n) is 3.96. The molecule has 0 aromatic heterocycles. The van der Waals surface area contributed by atoms with Crippen LogP contribution in [0.15, 0.2) is 24.3 Å². The fourth-order valence-corrected chi connectivity index (χ4v) is 1.65. The van der Waals surface area contributed by atoms with Crippen LogP contribution in [0.4, 0.5) is 0 Å². The van der Waals surface area contributed by atoms with Gasteiger partial charge < -0.3 is 9.84 Å². The topological polar surface area (TPSA) is 63.6 Å². The number of carboxylic acid groups (broad SMARTS) is 1. The summed E-state index contributed by atoms with van der Waals surface area (Å²) in [5.41, 5.74) is 1.81. The van der Waals surface area contributed by atoms with E-state index in [4.69, 9.17) is 9.84 Å². The van der Waals surface area contributed by atoms with Gasteiger partial charge in [-0.2, -0.15) is 0 Å². The average Bonchev–Trinajstić information content (AvgIpc) is 2.26. The summed E-state index contributed by atoms with van der Waals surface area (Å²) in [5.74, 6) is -2.36. The van der Waals surface area contributed by atoms with Crippen LogP contribution < -0.4 is 0 Å². The SMILES string of the molecule is COCc1cccc(CC(C(C)=O)C(=O)O)c1. The number of methoxy groups -OCH3 is 1. The fourth-order valence-electron chi connectivity index (χ4n) is 1.65. The Balaban J connectivity index is 2.82. The number of rotatable bonds is 6. The van der Waals surface area contributed by atoms with Crippen molar-refractivity contribution in [2.45, 2.75) is 20.0 Å². The van der Waals surface area contributed by atoms with E-state index >= 15 is 0 Å². The molecule has 0 heterocycles. The molecule has 0 saturated carbocycles. The number of Topliss-reactive ketones (excluding diaryl/α,β-unsaturated/α-hetero) is 1. The number of ether oxygens (including phenoxy) is 1. The lowest BCUT2D eigenvalue weighted by atomic mass is 9.95. The van der Waals surface area contributed by atoms with Gasteiger partial charge in [-0.15, -0.1) is 0 Å². The van der Waals surface area contributed by atoms with Crippen LogP contribution in [0, 0.1) is 5.92 Å². The molecule has 0 bridgehead atoms. The van der Waals surface area contributed by atoms with E-state index in [0.29, 0.717) is 6.61 Å². The maximum atomic E-state index is 11.2. The minimum absolute atomic E-state index is 0.224. The van der Waals surface area contributed by atoms with Gasteiger partial charge in [-0.25, -0.2) is 0 Å². The zero-order valence-electron chi connectivity index (χ0n) is 9.97. The lowest BCUT2D eigenvalue weighted by Crippen LogP contribution is -2.23. The van der Waals surface area contributed by atoms with E-state index in [0.717, 1.165) is 11.1 Å². The van der Waals surface area contributed by atoms with Crippen molar-refractivity contribution in [2.24, 2.45) is 5.92 Å². The van der Waals surface area contributed by atoms with Crippen LogP contribution >= 0.6 is 0 Å². The van der Waals surface area contributed by atoms with Crippen LogP contribution in [0.2, 0.25) is 0 Å². The molecule has 4 nitrogen and oxygen atoms in total. The summed E-state index contributed by atoms with van der Waals surface area (Å²) in [6.07, 6.45) is 0.224. The molecule has 1 aromatic carbocycles. The van der Waals surface area contributed by atoms with E-state index < -0.39 is 11.9 Å². The first kappa shape index (κ1) is 13.4. The molecule has 0 amide bonds. The van der Waals surface area contributed by atoms with Crippen molar-refractivity contribution in [2.75, 3.05) is 7.11 Å². The molecule has 1 atom stereocenters. The molecule has 0 aliphatic rings. The van der Waals surface area contributed by atoms with E-state index in [-0.39, 0.29) is 12.2 Å². The number of benzene rings is 1. The lowest BCUT2D eigenvalue weighted by molar-refractivity contribution is -0.145. The fraction of sp³-hybridized carbons (Fsp3) is 0.385. The third kappa shape index (κ3) is 4.00. The number of carbonyl (C=O) groups excluding carboxylic acids is 1. The molecule has 1 aromatic rings. The second-order valence-corrected chi connectivity index (χ2v) is 3.96. The normalized spacial score (nSPS) is 12.1. The summed E-state index contributed by atoms with van der Waals surface area (Å²) in [6, 6.07) is 7.42. The van der Waals surface area contributed by atoms with Gasteiger partial charge in [-0.1, -0.05) is 24.3 Å². The van der Waals surface area contributed by atoms with Crippen LogP contribution in [-0.2, 0) is 27.4 Å². The number of hydrogen-bond donors (Lipinski definition) is 1. The molecule has 0 saturated heterocycles. The molecular weight excluding hydrogens is 220 g/mol. The molecule has 4 heteroatoms. The van der Waals surface area contributed by atoms with Crippen LogP contribution in [-0.4, -0.2) is 24.0 Å². The van der Waals surface area contributed by atoms with Crippen molar-refractivity contribution in [1.82, 2.24) is 0 Å². The third-order valence-electron chi connectivity index (χ3n) is 2.53. The Kier molecular flexibility index (Phi) is 4.84. The van der Waals surface area contributed by atoms with E-state index in [1.54, 1.807) is 7.11 Å². The van der Waals surface area contributed by atoms with Crippen molar-refractivity contribution in [1.29, 1.82) is 0 Å². The molecule has 17 heavy (non-hydrogen) atoms. The molecule has 1 rings (SSSR count). The van der Waals surface area contributed by atoms with Gasteiger partial charge in [0.05, 0.1) is 6.61 Å². The van der Waals surface area contributed by atoms with E-state index in [1.807, 2.05) is 24.3 Å². The summed E-state index contributed by atoms with van der Waals surface area (Å²) >= 11 is 0. The van der Waals surface area contributed by atoms with Gasteiger partial charge >= 0.3 is 5.97 Å². The van der Waals surface area contributed by atoms with Crippen molar-refractivity contribution < 1.29 is 19.4 Å². The second kappa shape index (κ2) is 6.15. The first-order valence-corrected chi connectivity index (χ1v) is 5.34. The first-order chi connectivity index (χ1) is 8.04. The highest BCUT2D eigenvalue weighted by Gasteiger charge is 2.22. The lowest BCUT2D eigenvalue weighted by Gasteiger charge is -2.09. The number of ketones is 1. The summed E-state index contributed by atoms with van der Waals surface area (Å²) in [6.45, 7) is 1.78. The maximum absolute atomic E-state index is 11.2. The van der Waals surface area contributed by atoms with Gasteiger partial charge in [0.1, 0.15) is 11.7 Å². The molecule has 92 valence electrons. The molecule has 0 fully saturated rings. The molecular formula is C13H16O4. The molecule has 0 aliphatic carbocycles. The Morgan fingerprint density at radius 3 is 2.53 bits per heavy atom. The third-order valence-corrected chi connectivity index (χ3v) is 2.53. The largest absolute Gasteiger partial charge is 0.481 e. The molecule has 1 N–H and O–H groups in total. The average molecular weight is 236 g/mol. The van der Waals surface area contributed by atoms with E-state index in [9.17, 15) is 9.59 Å². The number of aliphatic carboxylic acids is 1. The zero-order valence-corrected chi connectivity index (χ0v) is 9.97. The van der Waals surface area contributed by atoms with Gasteiger partial charge in [-0.05, 0) is 24.5 Å². The van der Waals surface area contributed by atoms with Crippen molar-refractivity contribution >= 4 is 11.8 Å². The standard InChI is InChI=1S/C13H16O4/c1-9(14)12(13(15)16)7-10-4-3-5-11(6-10)8-17-2/h3-6,12H,7-8H2,1-2H3,(H,15,16). The zero-order chi connectivity index (χ0) is 12.8. The molecule has 1 unspecified atom stereocenters. The van der Waals surface area contributed by atoms with E-state index in [1.165, 1.54) is 6.92 Å². The van der Waals surface area contributed by atoms with Crippen molar-refractivity contribution in [3.8, 4) is 0 Å². The predicted molar refractivity (Wildman–Crippen MR) is 62.7 cm³/mol. The van der Waals surface area contributed by atoms with Crippen molar-refractivity contribution in [3.63, 3.8) is 0 Å². The minimum Gasteiger partial charge on any atom is -0.481 e. The van der Waals surface area contributed by atoms with Gasteiger partial charge in [0.2, 0.25) is 0 Å². The van der Waals surface area contributed by atoms with Gasteiger partial charge in [0.15, 0.2) is 0 Å². The molecule has 0 radical (unpaired) electrons. The quantitative estimate of drug-likeness (QED) is 0.763. The van der Waals surface area contributed by atoms with Gasteiger partial charge in [0.25, 0.3) is 0 Å². The highest BCUT2D eigenvalue weighted by Crippen LogP contribution is 2.13. The van der Waals surface area contributed by atoms with Crippen LogP contribution in [0.1, 0.15) is 18.1 Å². The number of carbonyl (C=O) groups is 2. The number of carboxylic acids is 1. The Bertz CT molecular complexity index is 398. The van der Waals surface area contributed by atoms with Crippen LogP contribution in [0.3, 0.4) is 0 Å². The Morgan fingerprint density at radius 1 is 1.35 bits per heavy atom. The monoisotopic (exact) mass is 236 g/mol. The molecule has 0 aliphatic heterocycles. The highest BCUT2D eigenvalue weighted by molar-refractivity contribution is 5.97. The minimum atomic E-state index is -1.07. The Hall–Kier alpha value is -1.68. The highest BCUT2D eigenvalue weighted by atomic mass is 16.5. The maximum Gasteiger partial charge on any atom is 0.314 e. The summed E-state index contributed by atoms with van der Waals surface area (Å²) in [7, 11) is 1.60. The summed E-state index contributed by atoms with van der Waals surface area (Å²) in [4.78, 5) is 22.1. The summed E-state index contributed by atoms with van der Waals surface area (Å²) in [5, 5.41) is 8.93. The molecule has 0 spiro atoms. The first-order valence-electron chi connectivity index (χ1n) is 5.34. The number of hydrogen-bond acceptors (Lipinski definition) is 3. The van der Waals surface area contributed by atoms with Gasteiger partial charge in [0, 0.05) is 7.11 Å². The van der Waals surface area contributed by atoms with Crippen LogP contribution in [0.5, 0.6) is 0 Å².